The van der Waals surface area contributed by atoms with Crippen LogP contribution in [0.3, 0.4) is 0 Å². The number of methoxy groups -OCH3 is 1. The van der Waals surface area contributed by atoms with E-state index >= 15 is 0 Å². The Labute approximate surface area is 299 Å². The second-order valence-electron chi connectivity index (χ2n) is 11.6. The Bertz CT molecular complexity index is 2200. The van der Waals surface area contributed by atoms with Crippen molar-refractivity contribution in [3.63, 3.8) is 0 Å². The molecule has 0 saturated heterocycles. The van der Waals surface area contributed by atoms with E-state index in [1.165, 1.54) is 11.8 Å². The fourth-order valence-electron chi connectivity index (χ4n) is 5.63. The van der Waals surface area contributed by atoms with Crippen LogP contribution in [0.15, 0.2) is 132 Å². The van der Waals surface area contributed by atoms with Crippen molar-refractivity contribution in [2.75, 3.05) is 17.7 Å². The molecule has 1 unspecified atom stereocenters. The number of nitrogens with one attached hydrogen (secondary N) is 3. The minimum Gasteiger partial charge on any atom is -0.497 e. The van der Waals surface area contributed by atoms with Gasteiger partial charge in [-0.05, 0) is 66.6 Å². The number of hydrogen-bond acceptors (Lipinski definition) is 7. The van der Waals surface area contributed by atoms with Crippen molar-refractivity contribution in [1.29, 1.82) is 0 Å². The highest BCUT2D eigenvalue weighted by atomic mass is 32.2. The highest BCUT2D eigenvalue weighted by molar-refractivity contribution is 8.00. The first-order valence-electron chi connectivity index (χ1n) is 16.2. The van der Waals surface area contributed by atoms with Crippen LogP contribution in [0.2, 0.25) is 0 Å². The van der Waals surface area contributed by atoms with Gasteiger partial charge in [-0.1, -0.05) is 79.7 Å². The fourth-order valence-corrected chi connectivity index (χ4v) is 6.65. The van der Waals surface area contributed by atoms with Crippen molar-refractivity contribution in [2.24, 2.45) is 0 Å². The Morgan fingerprint density at radius 3 is 2.18 bits per heavy atom. The summed E-state index contributed by atoms with van der Waals surface area (Å²) in [6.45, 7) is 1.87. The van der Waals surface area contributed by atoms with E-state index in [2.05, 4.69) is 16.0 Å². The molecule has 0 aromatic heterocycles. The monoisotopic (exact) mass is 695 g/mol. The Morgan fingerprint density at radius 2 is 1.43 bits per heavy atom. The standard InChI is InChI=1S/C41H33N3O6S/c1-3-35(41(49)43-33-21-11-20-32-36(33)38(46)31-19-8-7-18-30(31)37(32)45)51-29-17-10-15-27(24-29)42-40(48)34(23-25-12-9-16-28(22-25)50-2)44-39(47)26-13-5-4-6-14-26/h4-24,35H,3H2,1-2H3,(H,42,48)(H,43,49)(H,44,47)/b34-23+. The van der Waals surface area contributed by atoms with Crippen LogP contribution in [-0.4, -0.2) is 41.6 Å². The van der Waals surface area contributed by atoms with E-state index < -0.39 is 17.1 Å². The third-order valence-corrected chi connectivity index (χ3v) is 9.54. The van der Waals surface area contributed by atoms with Crippen LogP contribution in [0.1, 0.15) is 61.1 Å². The summed E-state index contributed by atoms with van der Waals surface area (Å²) >= 11 is 1.29. The number of hydrogen-bond donors (Lipinski definition) is 3. The largest absolute Gasteiger partial charge is 0.497 e. The molecule has 3 amide bonds. The van der Waals surface area contributed by atoms with Gasteiger partial charge < -0.3 is 20.7 Å². The highest BCUT2D eigenvalue weighted by Gasteiger charge is 2.32. The van der Waals surface area contributed by atoms with Gasteiger partial charge in [0.1, 0.15) is 11.4 Å². The van der Waals surface area contributed by atoms with Crippen LogP contribution in [-0.2, 0) is 9.59 Å². The van der Waals surface area contributed by atoms with Gasteiger partial charge in [0, 0.05) is 32.8 Å². The summed E-state index contributed by atoms with van der Waals surface area (Å²) in [4.78, 5) is 67.6. The van der Waals surface area contributed by atoms with E-state index in [1.54, 1.807) is 128 Å². The zero-order valence-electron chi connectivity index (χ0n) is 27.8. The third kappa shape index (κ3) is 7.82. The van der Waals surface area contributed by atoms with Crippen molar-refractivity contribution in [3.05, 3.63) is 160 Å². The lowest BCUT2D eigenvalue weighted by atomic mass is 9.83. The van der Waals surface area contributed by atoms with E-state index in [0.29, 0.717) is 45.0 Å². The molecular formula is C41H33N3O6S. The van der Waals surface area contributed by atoms with E-state index in [0.717, 1.165) is 0 Å². The molecule has 51 heavy (non-hydrogen) atoms. The first kappa shape index (κ1) is 34.6. The van der Waals surface area contributed by atoms with Crippen LogP contribution in [0.25, 0.3) is 6.08 Å². The van der Waals surface area contributed by atoms with Gasteiger partial charge in [-0.25, -0.2) is 0 Å². The van der Waals surface area contributed by atoms with Crippen molar-refractivity contribution in [3.8, 4) is 5.75 Å². The maximum absolute atomic E-state index is 13.6. The molecule has 0 spiro atoms. The maximum atomic E-state index is 13.6. The van der Waals surface area contributed by atoms with Gasteiger partial charge in [0.25, 0.3) is 11.8 Å². The number of anilines is 2. The normalized spacial score (nSPS) is 12.6. The first-order chi connectivity index (χ1) is 24.7. The van der Waals surface area contributed by atoms with Gasteiger partial charge in [0.2, 0.25) is 5.91 Å². The van der Waals surface area contributed by atoms with Crippen molar-refractivity contribution < 1.29 is 28.7 Å². The summed E-state index contributed by atoms with van der Waals surface area (Å²) < 4.78 is 5.32. The summed E-state index contributed by atoms with van der Waals surface area (Å²) in [6.07, 6.45) is 2.02. The molecule has 10 heteroatoms. The van der Waals surface area contributed by atoms with Gasteiger partial charge in [-0.3, -0.25) is 24.0 Å². The van der Waals surface area contributed by atoms with Crippen LogP contribution in [0, 0.1) is 0 Å². The summed E-state index contributed by atoms with van der Waals surface area (Å²) in [6, 6.07) is 34.2. The Morgan fingerprint density at radius 1 is 0.745 bits per heavy atom. The van der Waals surface area contributed by atoms with Crippen LogP contribution in [0.4, 0.5) is 11.4 Å². The van der Waals surface area contributed by atoms with Gasteiger partial charge in [-0.15, -0.1) is 11.8 Å². The van der Waals surface area contributed by atoms with Gasteiger partial charge >= 0.3 is 0 Å². The molecule has 1 atom stereocenters. The molecule has 0 saturated carbocycles. The van der Waals surface area contributed by atoms with E-state index in [-0.39, 0.29) is 40.0 Å². The predicted molar refractivity (Wildman–Crippen MR) is 198 cm³/mol. The summed E-state index contributed by atoms with van der Waals surface area (Å²) in [7, 11) is 1.54. The predicted octanol–water partition coefficient (Wildman–Crippen LogP) is 7.39. The van der Waals surface area contributed by atoms with Gasteiger partial charge in [-0.2, -0.15) is 0 Å². The molecule has 0 aliphatic heterocycles. The molecule has 6 rings (SSSR count). The van der Waals surface area contributed by atoms with Gasteiger partial charge in [0.15, 0.2) is 11.6 Å². The number of ether oxygens (including phenoxy) is 1. The third-order valence-electron chi connectivity index (χ3n) is 8.18. The smallest absolute Gasteiger partial charge is 0.272 e. The Balaban J connectivity index is 1.19. The minimum atomic E-state index is -0.567. The van der Waals surface area contributed by atoms with Crippen LogP contribution in [0.5, 0.6) is 5.75 Å². The number of rotatable bonds is 11. The number of carbonyl (C=O) groups excluding carboxylic acids is 5. The number of ketones is 2. The highest BCUT2D eigenvalue weighted by Crippen LogP contribution is 2.34. The second-order valence-corrected chi connectivity index (χ2v) is 12.8. The second kappa shape index (κ2) is 15.5. The van der Waals surface area contributed by atoms with Crippen LogP contribution >= 0.6 is 11.8 Å². The first-order valence-corrected chi connectivity index (χ1v) is 17.1. The number of benzene rings is 5. The summed E-state index contributed by atoms with van der Waals surface area (Å²) in [5.74, 6) is -1.33. The molecular weight excluding hydrogens is 663 g/mol. The molecule has 0 fully saturated rings. The molecule has 254 valence electrons. The fraction of sp³-hybridized carbons (Fsp3) is 0.0976. The summed E-state index contributed by atoms with van der Waals surface area (Å²) in [5.41, 5.74) is 2.85. The number of amides is 3. The molecule has 5 aromatic rings. The zero-order valence-corrected chi connectivity index (χ0v) is 28.6. The van der Waals surface area contributed by atoms with Crippen LogP contribution < -0.4 is 20.7 Å². The van der Waals surface area contributed by atoms with E-state index in [4.69, 9.17) is 4.74 Å². The van der Waals surface area contributed by atoms with Crippen molar-refractivity contribution in [1.82, 2.24) is 5.32 Å². The molecule has 3 N–H and O–H groups in total. The minimum absolute atomic E-state index is 0.0165. The quantitative estimate of drug-likeness (QED) is 0.0952. The Kier molecular flexibility index (Phi) is 10.5. The lowest BCUT2D eigenvalue weighted by molar-refractivity contribution is -0.116. The SMILES string of the molecule is CCC(Sc1cccc(NC(=O)/C(=C\c2cccc(OC)c2)NC(=O)c2ccccc2)c1)C(=O)Nc1cccc2c1C(=O)c1ccccc1C2=O. The number of carbonyl (C=O) groups is 5. The van der Waals surface area contributed by atoms with Gasteiger partial charge in [0.05, 0.1) is 23.6 Å². The zero-order chi connectivity index (χ0) is 35.9. The lowest BCUT2D eigenvalue weighted by Crippen LogP contribution is -2.30. The van der Waals surface area contributed by atoms with E-state index in [9.17, 15) is 24.0 Å². The lowest BCUT2D eigenvalue weighted by Gasteiger charge is -2.21. The molecule has 1 aliphatic carbocycles. The topological polar surface area (TPSA) is 131 Å². The average molecular weight is 696 g/mol. The maximum Gasteiger partial charge on any atom is 0.272 e. The van der Waals surface area contributed by atoms with Crippen molar-refractivity contribution >= 4 is 58.5 Å². The number of thioether (sulfide) groups is 1. The van der Waals surface area contributed by atoms with Crippen molar-refractivity contribution in [2.45, 2.75) is 23.5 Å². The molecule has 5 aromatic carbocycles. The Hall–Kier alpha value is -6.26. The molecule has 9 nitrogen and oxygen atoms in total. The summed E-state index contributed by atoms with van der Waals surface area (Å²) in [5, 5.41) is 7.92. The molecule has 0 heterocycles. The molecule has 1 aliphatic rings. The number of fused-ring (bicyclic) bond motifs is 2. The average Bonchev–Trinajstić information content (AvgIpc) is 3.16. The molecule has 0 bridgehead atoms. The molecule has 0 radical (unpaired) electrons. The van der Waals surface area contributed by atoms with E-state index in [1.807, 2.05) is 13.0 Å².